The topological polar surface area (TPSA) is 86.3 Å². The van der Waals surface area contributed by atoms with Crippen LogP contribution >= 0.6 is 22.7 Å². The zero-order valence-electron chi connectivity index (χ0n) is 34.6. The minimum atomic E-state index is -6.13. The van der Waals surface area contributed by atoms with Gasteiger partial charge in [-0.3, -0.25) is 20.2 Å². The normalized spacial score (nSPS) is 13.4. The van der Waals surface area contributed by atoms with Crippen molar-refractivity contribution in [1.29, 1.82) is 0 Å². The van der Waals surface area contributed by atoms with Gasteiger partial charge >= 0.3 is 80.6 Å². The molecule has 6 nitrogen and oxygen atoms in total. The third-order valence-electron chi connectivity index (χ3n) is 10.1. The molecule has 0 N–H and O–H groups in total. The van der Waals surface area contributed by atoms with E-state index < -0.39 is 226 Å². The summed E-state index contributed by atoms with van der Waals surface area (Å²) < 4.78 is 343. The van der Waals surface area contributed by atoms with Crippen LogP contribution in [0, 0.1) is 26.0 Å². The van der Waals surface area contributed by atoms with Crippen LogP contribution in [0.1, 0.15) is 44.5 Å². The van der Waals surface area contributed by atoms with E-state index in [1.165, 1.54) is 12.1 Å². The molecule has 0 saturated carbocycles. The first-order chi connectivity index (χ1) is 33.3. The smallest absolute Gasteiger partial charge is 0.258 e. The molecule has 0 bridgehead atoms. The SMILES string of the molecule is FC(F)(F)c1cc([B-](c2cc(C(F)(F)F)cc(C(F)(F)F)c2)(c2cc(C(F)(F)F)cc(C(F)(F)F)c2)c2cc(C(F)(F)F)cc(C(F)(F)F)c2)cc(C(F)(F)F)c1.O=[N+]([O-])c1ccc([I+]c2ccc([N+](=O)[O-])s2)s1. The van der Waals surface area contributed by atoms with Crippen LogP contribution in [0.4, 0.5) is 115 Å². The van der Waals surface area contributed by atoms with Crippen LogP contribution in [-0.2, 0) is 49.4 Å². The van der Waals surface area contributed by atoms with Crippen molar-refractivity contribution in [2.24, 2.45) is 0 Å². The zero-order chi connectivity index (χ0) is 56.3. The number of nitrogens with zero attached hydrogens (tertiary/aromatic N) is 2. The molecule has 0 atom stereocenters. The molecule has 0 aliphatic heterocycles. The highest BCUT2D eigenvalue weighted by Crippen LogP contribution is 2.41. The van der Waals surface area contributed by atoms with Gasteiger partial charge in [0.2, 0.25) is 0 Å². The van der Waals surface area contributed by atoms with Gasteiger partial charge in [0.25, 0.3) is 5.77 Å². The first kappa shape index (κ1) is 59.1. The standard InChI is InChI=1S/C32H12BF24.C8H4IN2O4S2/c34-25(35,36)13-1-14(26(37,38)39)6-21(5-13)33(22-7-15(27(40,41)42)2-16(8-22)28(43,44)45,23-9-17(29(46,47)48)3-18(10-23)30(49,50)51)24-11-19(31(52,53)54)4-20(12-24)32(55,56)57;12-10(13)7-3-1-5(16-7)9-6-2-4-8(17-6)11(14)15/h1-12H;1-4H/q-1;+1. The monoisotopic (exact) mass is 1250 g/mol. The van der Waals surface area contributed by atoms with E-state index in [0.717, 1.165) is 28.4 Å². The molecule has 0 radical (unpaired) electrons. The first-order valence-electron chi connectivity index (χ1n) is 18.8. The largest absolute Gasteiger partial charge is 0.416 e. The Morgan fingerprint density at radius 1 is 0.324 bits per heavy atom. The third-order valence-corrected chi connectivity index (χ3v) is 15.9. The van der Waals surface area contributed by atoms with Crippen LogP contribution in [-0.4, -0.2) is 16.0 Å². The van der Waals surface area contributed by atoms with E-state index in [-0.39, 0.29) is 10.0 Å². The fourth-order valence-electron chi connectivity index (χ4n) is 7.07. The molecule has 6 aromatic rings. The molecule has 4 aromatic carbocycles. The quantitative estimate of drug-likeness (QED) is 0.0500. The fourth-order valence-corrected chi connectivity index (χ4v) is 12.9. The lowest BCUT2D eigenvalue weighted by Crippen LogP contribution is -3.61. The first-order valence-corrected chi connectivity index (χ1v) is 22.6. The van der Waals surface area contributed by atoms with Gasteiger partial charge in [0.05, 0.1) is 54.4 Å². The number of halogens is 25. The molecule has 0 amide bonds. The highest BCUT2D eigenvalue weighted by Gasteiger charge is 2.47. The van der Waals surface area contributed by atoms with Gasteiger partial charge in [-0.2, -0.15) is 127 Å². The molecule has 0 unspecified atom stereocenters. The lowest BCUT2D eigenvalue weighted by Gasteiger charge is -2.46. The summed E-state index contributed by atoms with van der Waals surface area (Å²) in [6, 6.07) is -2.41. The van der Waals surface area contributed by atoms with Crippen LogP contribution in [0.3, 0.4) is 0 Å². The van der Waals surface area contributed by atoms with E-state index in [2.05, 4.69) is 0 Å². The van der Waals surface area contributed by atoms with Crippen LogP contribution in [0.25, 0.3) is 0 Å². The maximum Gasteiger partial charge on any atom is 0.416 e. The number of benzene rings is 4. The summed E-state index contributed by atoms with van der Waals surface area (Å²) in [5.41, 5.74) is -30.2. The van der Waals surface area contributed by atoms with Gasteiger partial charge in [0, 0.05) is 24.3 Å². The minimum absolute atomic E-state index is 0.116. The molecular weight excluding hydrogens is 1230 g/mol. The van der Waals surface area contributed by atoms with Crippen LogP contribution in [0.5, 0.6) is 0 Å². The molecule has 0 aliphatic carbocycles. The van der Waals surface area contributed by atoms with Crippen molar-refractivity contribution in [2.45, 2.75) is 49.4 Å². The van der Waals surface area contributed by atoms with E-state index in [4.69, 9.17) is 0 Å². The van der Waals surface area contributed by atoms with Gasteiger partial charge in [0.1, 0.15) is 6.15 Å². The average Bonchev–Trinajstić information content (AvgIpc) is 3.92. The second-order valence-corrected chi connectivity index (χ2v) is 21.4. The minimum Gasteiger partial charge on any atom is -0.258 e. The van der Waals surface area contributed by atoms with Gasteiger partial charge in [0.15, 0.2) is 0 Å². The summed E-state index contributed by atoms with van der Waals surface area (Å²) in [6.07, 6.45) is -54.8. The third kappa shape index (κ3) is 13.5. The van der Waals surface area contributed by atoms with Crippen molar-refractivity contribution in [1.82, 2.24) is 0 Å². The maximum absolute atomic E-state index is 14.2. The highest BCUT2D eigenvalue weighted by atomic mass is 127. The van der Waals surface area contributed by atoms with E-state index >= 15 is 0 Å². The number of nitro groups is 2. The molecular formula is C40H16BF24IN2O4S2. The average molecular weight is 1250 g/mol. The predicted molar refractivity (Wildman–Crippen MR) is 209 cm³/mol. The molecule has 400 valence electrons. The lowest BCUT2D eigenvalue weighted by atomic mass is 9.12. The second-order valence-electron chi connectivity index (χ2n) is 15.0. The highest BCUT2D eigenvalue weighted by molar-refractivity contribution is 7.20. The molecule has 2 heterocycles. The van der Waals surface area contributed by atoms with Crippen LogP contribution in [0.2, 0.25) is 0 Å². The molecule has 0 fully saturated rings. The van der Waals surface area contributed by atoms with E-state index in [1.54, 1.807) is 12.1 Å². The second kappa shape index (κ2) is 20.0. The Hall–Kier alpha value is -5.81. The van der Waals surface area contributed by atoms with Gasteiger partial charge < -0.3 is 0 Å². The van der Waals surface area contributed by atoms with Gasteiger partial charge in [-0.15, -0.1) is 0 Å². The van der Waals surface area contributed by atoms with E-state index in [1.807, 2.05) is 0 Å². The summed E-state index contributed by atoms with van der Waals surface area (Å²) in [5.74, 6) is 0. The molecule has 74 heavy (non-hydrogen) atoms. The molecule has 34 heteroatoms. The fraction of sp³-hybridized carbons (Fsp3) is 0.200. The summed E-state index contributed by atoms with van der Waals surface area (Å²) in [4.78, 5) is 20.2. The Kier molecular flexibility index (Phi) is 16.0. The van der Waals surface area contributed by atoms with Crippen molar-refractivity contribution >= 4 is 60.7 Å². The van der Waals surface area contributed by atoms with Crippen molar-refractivity contribution < 1.29 is 136 Å². The van der Waals surface area contributed by atoms with Gasteiger partial charge in [-0.05, 0) is 46.9 Å². The maximum atomic E-state index is 14.2. The van der Waals surface area contributed by atoms with Crippen molar-refractivity contribution in [2.75, 3.05) is 0 Å². The Bertz CT molecular complexity index is 2590. The van der Waals surface area contributed by atoms with Crippen molar-refractivity contribution in [3.05, 3.63) is 168 Å². The van der Waals surface area contributed by atoms with Crippen LogP contribution < -0.4 is 43.1 Å². The van der Waals surface area contributed by atoms with Gasteiger partial charge in [-0.1, -0.05) is 48.5 Å². The zero-order valence-corrected chi connectivity index (χ0v) is 38.4. The number of hydrogen-bond donors (Lipinski definition) is 0. The molecule has 0 spiro atoms. The number of rotatable bonds is 8. The van der Waals surface area contributed by atoms with E-state index in [9.17, 15) is 126 Å². The Balaban J connectivity index is 0.000000500. The predicted octanol–water partition coefficient (Wildman–Crippen LogP) is 11.0. The lowest BCUT2D eigenvalue weighted by molar-refractivity contribution is -0.585. The summed E-state index contributed by atoms with van der Waals surface area (Å²) in [7, 11) is 0. The van der Waals surface area contributed by atoms with E-state index in [0.29, 0.717) is 0 Å². The Labute approximate surface area is 412 Å². The molecule has 0 aliphatic rings. The van der Waals surface area contributed by atoms with Crippen molar-refractivity contribution in [3.8, 4) is 0 Å². The van der Waals surface area contributed by atoms with Crippen molar-refractivity contribution in [3.63, 3.8) is 0 Å². The number of thiophene rings is 2. The molecule has 2 aromatic heterocycles. The van der Waals surface area contributed by atoms with Crippen LogP contribution in [0.15, 0.2) is 97.1 Å². The molecule has 0 saturated heterocycles. The number of alkyl halides is 24. The summed E-state index contributed by atoms with van der Waals surface area (Å²) in [6.45, 7) is 0. The number of hydrogen-bond acceptors (Lipinski definition) is 6. The Morgan fingerprint density at radius 2 is 0.500 bits per heavy atom. The summed E-state index contributed by atoms with van der Waals surface area (Å²) >= 11 is 1.73. The van der Waals surface area contributed by atoms with Gasteiger partial charge in [-0.25, -0.2) is 0 Å². The summed E-state index contributed by atoms with van der Waals surface area (Å²) in [5, 5.41) is 21.2. The molecule has 6 rings (SSSR count). The Morgan fingerprint density at radius 3 is 0.635 bits per heavy atom.